The first kappa shape index (κ1) is 12.7. The number of aryl methyl sites for hydroxylation is 2. The van der Waals surface area contributed by atoms with E-state index in [1.165, 1.54) is 11.8 Å². The molecule has 0 saturated carbocycles. The summed E-state index contributed by atoms with van der Waals surface area (Å²) in [5.74, 6) is -0.880. The van der Waals surface area contributed by atoms with E-state index in [-0.39, 0.29) is 0 Å². The summed E-state index contributed by atoms with van der Waals surface area (Å²) >= 11 is 1.51. The fraction of sp³-hybridized carbons (Fsp3) is 0.133. The van der Waals surface area contributed by atoms with Gasteiger partial charge in [0.25, 0.3) is 0 Å². The molecule has 0 saturated heterocycles. The highest BCUT2D eigenvalue weighted by Crippen LogP contribution is 2.34. The van der Waals surface area contributed by atoms with E-state index in [4.69, 9.17) is 0 Å². The maximum atomic E-state index is 11.2. The van der Waals surface area contributed by atoms with Gasteiger partial charge in [0.15, 0.2) is 0 Å². The lowest BCUT2D eigenvalue weighted by Crippen LogP contribution is -2.00. The second-order valence-corrected chi connectivity index (χ2v) is 5.18. The molecule has 2 nitrogen and oxygen atoms in total. The van der Waals surface area contributed by atoms with Crippen molar-refractivity contribution in [3.05, 3.63) is 59.2 Å². The summed E-state index contributed by atoms with van der Waals surface area (Å²) in [5, 5.41) is 9.22. The van der Waals surface area contributed by atoms with Gasteiger partial charge in [-0.3, -0.25) is 0 Å². The van der Waals surface area contributed by atoms with Gasteiger partial charge in [-0.2, -0.15) is 0 Å². The van der Waals surface area contributed by atoms with Gasteiger partial charge in [-0.25, -0.2) is 4.79 Å². The summed E-state index contributed by atoms with van der Waals surface area (Å²) in [4.78, 5) is 13.1. The molecule has 0 spiro atoms. The van der Waals surface area contributed by atoms with E-state index in [0.717, 1.165) is 20.9 Å². The van der Waals surface area contributed by atoms with Crippen LogP contribution in [0.4, 0.5) is 0 Å². The minimum absolute atomic E-state index is 0.364. The highest BCUT2D eigenvalue weighted by Gasteiger charge is 2.13. The van der Waals surface area contributed by atoms with Crippen molar-refractivity contribution in [2.24, 2.45) is 0 Å². The van der Waals surface area contributed by atoms with Crippen LogP contribution in [0.5, 0.6) is 0 Å². The molecule has 0 heterocycles. The third-order valence-electron chi connectivity index (χ3n) is 2.75. The zero-order valence-electron chi connectivity index (χ0n) is 10.3. The van der Waals surface area contributed by atoms with Gasteiger partial charge in [0.05, 0.1) is 5.56 Å². The van der Waals surface area contributed by atoms with Crippen LogP contribution in [0.25, 0.3) is 0 Å². The lowest BCUT2D eigenvalue weighted by atomic mass is 10.1. The lowest BCUT2D eigenvalue weighted by molar-refractivity contribution is 0.0693. The van der Waals surface area contributed by atoms with E-state index >= 15 is 0 Å². The Balaban J connectivity index is 2.46. The van der Waals surface area contributed by atoms with Gasteiger partial charge < -0.3 is 5.11 Å². The average Bonchev–Trinajstić information content (AvgIpc) is 2.34. The van der Waals surface area contributed by atoms with Crippen LogP contribution in [0.1, 0.15) is 21.5 Å². The summed E-state index contributed by atoms with van der Waals surface area (Å²) in [6.45, 7) is 3.97. The van der Waals surface area contributed by atoms with Gasteiger partial charge in [0, 0.05) is 9.79 Å². The number of carboxylic acids is 1. The van der Waals surface area contributed by atoms with Gasteiger partial charge in [-0.15, -0.1) is 0 Å². The van der Waals surface area contributed by atoms with Gasteiger partial charge in [0.2, 0.25) is 0 Å². The van der Waals surface area contributed by atoms with Crippen molar-refractivity contribution < 1.29 is 9.90 Å². The predicted octanol–water partition coefficient (Wildman–Crippen LogP) is 4.15. The molecule has 0 aliphatic carbocycles. The van der Waals surface area contributed by atoms with E-state index in [1.807, 2.05) is 44.2 Å². The van der Waals surface area contributed by atoms with Crippen LogP contribution in [0.15, 0.2) is 52.3 Å². The minimum Gasteiger partial charge on any atom is -0.478 e. The van der Waals surface area contributed by atoms with Crippen LogP contribution < -0.4 is 0 Å². The molecule has 0 amide bonds. The Labute approximate surface area is 111 Å². The molecule has 0 fully saturated rings. The molecule has 0 radical (unpaired) electrons. The normalized spacial score (nSPS) is 10.3. The molecule has 1 N–H and O–H groups in total. The van der Waals surface area contributed by atoms with Gasteiger partial charge in [0.1, 0.15) is 0 Å². The van der Waals surface area contributed by atoms with Crippen molar-refractivity contribution in [1.82, 2.24) is 0 Å². The molecular weight excluding hydrogens is 244 g/mol. The largest absolute Gasteiger partial charge is 0.478 e. The van der Waals surface area contributed by atoms with Crippen molar-refractivity contribution >= 4 is 17.7 Å². The Morgan fingerprint density at radius 1 is 1.00 bits per heavy atom. The van der Waals surface area contributed by atoms with Crippen LogP contribution >= 0.6 is 11.8 Å². The third kappa shape index (κ3) is 2.57. The maximum absolute atomic E-state index is 11.2. The van der Waals surface area contributed by atoms with Gasteiger partial charge in [-0.05, 0) is 37.1 Å². The molecule has 2 rings (SSSR count). The molecule has 0 unspecified atom stereocenters. The molecule has 18 heavy (non-hydrogen) atoms. The molecule has 0 aliphatic rings. The summed E-state index contributed by atoms with van der Waals surface area (Å²) in [7, 11) is 0. The van der Waals surface area contributed by atoms with Crippen LogP contribution in [-0.2, 0) is 0 Å². The molecule has 0 aromatic heterocycles. The molecule has 0 aliphatic heterocycles. The fourth-order valence-corrected chi connectivity index (χ4v) is 2.83. The SMILES string of the molecule is Cc1ccccc1Sc1c(C)cccc1C(=O)O. The Kier molecular flexibility index (Phi) is 3.72. The third-order valence-corrected chi connectivity index (χ3v) is 4.17. The Morgan fingerprint density at radius 3 is 2.33 bits per heavy atom. The van der Waals surface area contributed by atoms with E-state index < -0.39 is 5.97 Å². The van der Waals surface area contributed by atoms with Crippen molar-refractivity contribution in [3.63, 3.8) is 0 Å². The number of hydrogen-bond acceptors (Lipinski definition) is 2. The number of carboxylic acid groups (broad SMARTS) is 1. The van der Waals surface area contributed by atoms with E-state index in [0.29, 0.717) is 5.56 Å². The first-order valence-corrected chi connectivity index (χ1v) is 6.47. The highest BCUT2D eigenvalue weighted by atomic mass is 32.2. The van der Waals surface area contributed by atoms with Crippen molar-refractivity contribution in [2.45, 2.75) is 23.6 Å². The number of carbonyl (C=O) groups is 1. The first-order valence-electron chi connectivity index (χ1n) is 5.66. The average molecular weight is 258 g/mol. The molecule has 0 atom stereocenters. The first-order chi connectivity index (χ1) is 8.59. The van der Waals surface area contributed by atoms with Gasteiger partial charge >= 0.3 is 5.97 Å². The van der Waals surface area contributed by atoms with E-state index in [2.05, 4.69) is 0 Å². The molecule has 0 bridgehead atoms. The van der Waals surface area contributed by atoms with E-state index in [9.17, 15) is 9.90 Å². The molecular formula is C15H14O2S. The molecule has 2 aromatic rings. The lowest BCUT2D eigenvalue weighted by Gasteiger charge is -2.10. The quantitative estimate of drug-likeness (QED) is 0.898. The number of benzene rings is 2. The number of aromatic carboxylic acids is 1. The van der Waals surface area contributed by atoms with Crippen LogP contribution in [-0.4, -0.2) is 11.1 Å². The zero-order chi connectivity index (χ0) is 13.1. The van der Waals surface area contributed by atoms with E-state index in [1.54, 1.807) is 12.1 Å². The highest BCUT2D eigenvalue weighted by molar-refractivity contribution is 7.99. The zero-order valence-corrected chi connectivity index (χ0v) is 11.1. The fourth-order valence-electron chi connectivity index (χ4n) is 1.74. The van der Waals surface area contributed by atoms with Crippen LogP contribution in [0.3, 0.4) is 0 Å². The molecule has 2 aromatic carbocycles. The smallest absolute Gasteiger partial charge is 0.336 e. The number of hydrogen-bond donors (Lipinski definition) is 1. The standard InChI is InChI=1S/C15H14O2S/c1-10-6-3-4-9-13(10)18-14-11(2)7-5-8-12(14)15(16)17/h3-9H,1-2H3,(H,16,17). The second kappa shape index (κ2) is 5.27. The number of rotatable bonds is 3. The van der Waals surface area contributed by atoms with Crippen molar-refractivity contribution in [1.29, 1.82) is 0 Å². The Hall–Kier alpha value is -1.74. The van der Waals surface area contributed by atoms with Crippen LogP contribution in [0.2, 0.25) is 0 Å². The summed E-state index contributed by atoms with van der Waals surface area (Å²) in [6, 6.07) is 13.4. The Bertz CT molecular complexity index is 591. The van der Waals surface area contributed by atoms with Crippen LogP contribution in [0, 0.1) is 13.8 Å². The summed E-state index contributed by atoms with van der Waals surface area (Å²) < 4.78 is 0. The molecule has 3 heteroatoms. The van der Waals surface area contributed by atoms with Gasteiger partial charge in [-0.1, -0.05) is 42.1 Å². The Morgan fingerprint density at radius 2 is 1.67 bits per heavy atom. The second-order valence-electron chi connectivity index (χ2n) is 4.12. The minimum atomic E-state index is -0.880. The van der Waals surface area contributed by atoms with Crippen molar-refractivity contribution in [3.8, 4) is 0 Å². The predicted molar refractivity (Wildman–Crippen MR) is 73.4 cm³/mol. The monoisotopic (exact) mass is 258 g/mol. The summed E-state index contributed by atoms with van der Waals surface area (Å²) in [6.07, 6.45) is 0. The van der Waals surface area contributed by atoms with Crippen molar-refractivity contribution in [2.75, 3.05) is 0 Å². The molecule has 92 valence electrons. The maximum Gasteiger partial charge on any atom is 0.336 e. The topological polar surface area (TPSA) is 37.3 Å². The summed E-state index contributed by atoms with van der Waals surface area (Å²) in [5.41, 5.74) is 2.51.